The van der Waals surface area contributed by atoms with Gasteiger partial charge in [0.1, 0.15) is 0 Å². The summed E-state index contributed by atoms with van der Waals surface area (Å²) in [5.41, 5.74) is 3.83. The smallest absolute Gasteiger partial charge is 0.0693 e. The van der Waals surface area contributed by atoms with Crippen molar-refractivity contribution in [2.75, 3.05) is 13.7 Å². The molecule has 0 saturated heterocycles. The molecule has 1 unspecified atom stereocenters. The van der Waals surface area contributed by atoms with E-state index in [9.17, 15) is 0 Å². The van der Waals surface area contributed by atoms with E-state index in [0.717, 1.165) is 5.56 Å². The summed E-state index contributed by atoms with van der Waals surface area (Å²) in [5, 5.41) is 0. The first-order valence-electron chi connectivity index (χ1n) is 3.88. The van der Waals surface area contributed by atoms with Gasteiger partial charge in [0.05, 0.1) is 12.6 Å². The third kappa shape index (κ3) is 2.30. The van der Waals surface area contributed by atoms with Crippen molar-refractivity contribution in [2.45, 2.75) is 6.04 Å². The maximum Gasteiger partial charge on any atom is 0.0693 e. The monoisotopic (exact) mass is 166 g/mol. The van der Waals surface area contributed by atoms with Crippen molar-refractivity contribution in [3.05, 3.63) is 35.9 Å². The Balaban J connectivity index is 2.66. The second-order valence-corrected chi connectivity index (χ2v) is 2.59. The topological polar surface area (TPSA) is 47.3 Å². The molecule has 0 radical (unpaired) electrons. The first kappa shape index (κ1) is 9.19. The van der Waals surface area contributed by atoms with E-state index in [-0.39, 0.29) is 6.04 Å². The molecule has 0 aliphatic carbocycles. The quantitative estimate of drug-likeness (QED) is 0.514. The third-order valence-electron chi connectivity index (χ3n) is 1.74. The summed E-state index contributed by atoms with van der Waals surface area (Å²) in [5.74, 6) is 5.36. The van der Waals surface area contributed by atoms with Gasteiger partial charge in [-0.2, -0.15) is 0 Å². The maximum atomic E-state index is 5.36. The van der Waals surface area contributed by atoms with Gasteiger partial charge in [0.15, 0.2) is 0 Å². The van der Waals surface area contributed by atoms with Gasteiger partial charge in [-0.05, 0) is 5.56 Å². The van der Waals surface area contributed by atoms with Gasteiger partial charge in [0, 0.05) is 7.11 Å². The molecular formula is C9H14N2O. The van der Waals surface area contributed by atoms with E-state index in [0.29, 0.717) is 6.61 Å². The highest BCUT2D eigenvalue weighted by Gasteiger charge is 2.06. The normalized spacial score (nSPS) is 12.8. The van der Waals surface area contributed by atoms with Crippen LogP contribution in [-0.4, -0.2) is 13.7 Å². The largest absolute Gasteiger partial charge is 0.383 e. The van der Waals surface area contributed by atoms with Gasteiger partial charge in [-0.25, -0.2) is 0 Å². The summed E-state index contributed by atoms with van der Waals surface area (Å²) < 4.78 is 5.01. The number of methoxy groups -OCH3 is 1. The Morgan fingerprint density at radius 2 is 2.08 bits per heavy atom. The molecule has 0 amide bonds. The molecule has 1 rings (SSSR count). The zero-order valence-corrected chi connectivity index (χ0v) is 7.16. The van der Waals surface area contributed by atoms with Crippen LogP contribution in [0.2, 0.25) is 0 Å². The molecule has 0 aliphatic heterocycles. The number of nitrogens with one attached hydrogen (secondary N) is 1. The Morgan fingerprint density at radius 1 is 1.42 bits per heavy atom. The van der Waals surface area contributed by atoms with E-state index in [1.165, 1.54) is 0 Å². The fourth-order valence-electron chi connectivity index (χ4n) is 1.09. The molecule has 12 heavy (non-hydrogen) atoms. The van der Waals surface area contributed by atoms with Crippen LogP contribution < -0.4 is 11.3 Å². The molecular weight excluding hydrogens is 152 g/mol. The van der Waals surface area contributed by atoms with Crippen LogP contribution in [0.1, 0.15) is 11.6 Å². The van der Waals surface area contributed by atoms with Gasteiger partial charge >= 0.3 is 0 Å². The Bertz CT molecular complexity index is 213. The van der Waals surface area contributed by atoms with Crippen molar-refractivity contribution in [3.63, 3.8) is 0 Å². The van der Waals surface area contributed by atoms with Crippen LogP contribution in [0.4, 0.5) is 0 Å². The summed E-state index contributed by atoms with van der Waals surface area (Å²) >= 11 is 0. The number of nitrogens with two attached hydrogens (primary N) is 1. The SMILES string of the molecule is COCC(NN)c1ccccc1. The van der Waals surface area contributed by atoms with Gasteiger partial charge in [-0.3, -0.25) is 11.3 Å². The van der Waals surface area contributed by atoms with E-state index in [2.05, 4.69) is 5.43 Å². The minimum Gasteiger partial charge on any atom is -0.383 e. The first-order valence-corrected chi connectivity index (χ1v) is 3.88. The second kappa shape index (κ2) is 4.87. The van der Waals surface area contributed by atoms with Crippen molar-refractivity contribution < 1.29 is 4.74 Å². The summed E-state index contributed by atoms with van der Waals surface area (Å²) in [6, 6.07) is 10.1. The molecule has 0 fully saturated rings. The Hall–Kier alpha value is -0.900. The van der Waals surface area contributed by atoms with Crippen molar-refractivity contribution in [3.8, 4) is 0 Å². The summed E-state index contributed by atoms with van der Waals surface area (Å²) in [7, 11) is 1.66. The minimum atomic E-state index is 0.0798. The lowest BCUT2D eigenvalue weighted by Gasteiger charge is -2.14. The summed E-state index contributed by atoms with van der Waals surface area (Å²) in [4.78, 5) is 0. The fraction of sp³-hybridized carbons (Fsp3) is 0.333. The van der Waals surface area contributed by atoms with Gasteiger partial charge in [-0.1, -0.05) is 30.3 Å². The van der Waals surface area contributed by atoms with Crippen LogP contribution in [0.25, 0.3) is 0 Å². The van der Waals surface area contributed by atoms with Gasteiger partial charge in [-0.15, -0.1) is 0 Å². The van der Waals surface area contributed by atoms with E-state index in [1.54, 1.807) is 7.11 Å². The fourth-order valence-corrected chi connectivity index (χ4v) is 1.09. The molecule has 1 aromatic rings. The highest BCUT2D eigenvalue weighted by Crippen LogP contribution is 2.10. The molecule has 3 heteroatoms. The molecule has 1 aromatic carbocycles. The van der Waals surface area contributed by atoms with Crippen molar-refractivity contribution >= 4 is 0 Å². The molecule has 0 aliphatic rings. The molecule has 66 valence electrons. The lowest BCUT2D eigenvalue weighted by molar-refractivity contribution is 0.167. The number of ether oxygens (including phenoxy) is 1. The third-order valence-corrected chi connectivity index (χ3v) is 1.74. The van der Waals surface area contributed by atoms with Crippen molar-refractivity contribution in [1.82, 2.24) is 5.43 Å². The van der Waals surface area contributed by atoms with Gasteiger partial charge < -0.3 is 4.74 Å². The molecule has 3 nitrogen and oxygen atoms in total. The second-order valence-electron chi connectivity index (χ2n) is 2.59. The standard InChI is InChI=1S/C9H14N2O/c1-12-7-9(11-10)8-5-3-2-4-6-8/h2-6,9,11H,7,10H2,1H3. The van der Waals surface area contributed by atoms with Crippen LogP contribution in [0, 0.1) is 0 Å². The Labute approximate surface area is 72.5 Å². The average molecular weight is 166 g/mol. The Kier molecular flexibility index (Phi) is 3.73. The molecule has 0 bridgehead atoms. The lowest BCUT2D eigenvalue weighted by Crippen LogP contribution is -2.30. The number of benzene rings is 1. The Morgan fingerprint density at radius 3 is 2.58 bits per heavy atom. The highest BCUT2D eigenvalue weighted by atomic mass is 16.5. The lowest BCUT2D eigenvalue weighted by atomic mass is 10.1. The van der Waals surface area contributed by atoms with Crippen LogP contribution in [0.15, 0.2) is 30.3 Å². The predicted octanol–water partition coefficient (Wildman–Crippen LogP) is 0.837. The van der Waals surface area contributed by atoms with E-state index < -0.39 is 0 Å². The van der Waals surface area contributed by atoms with E-state index in [1.807, 2.05) is 30.3 Å². The van der Waals surface area contributed by atoms with Crippen LogP contribution >= 0.6 is 0 Å². The first-order chi connectivity index (χ1) is 5.88. The van der Waals surface area contributed by atoms with Gasteiger partial charge in [0.2, 0.25) is 0 Å². The molecule has 1 atom stereocenters. The predicted molar refractivity (Wildman–Crippen MR) is 48.4 cm³/mol. The average Bonchev–Trinajstić information content (AvgIpc) is 2.15. The molecule has 0 saturated carbocycles. The molecule has 3 N–H and O–H groups in total. The van der Waals surface area contributed by atoms with E-state index in [4.69, 9.17) is 10.6 Å². The molecule has 0 aromatic heterocycles. The summed E-state index contributed by atoms with van der Waals surface area (Å²) in [6.45, 7) is 0.584. The van der Waals surface area contributed by atoms with Crippen LogP contribution in [0.5, 0.6) is 0 Å². The van der Waals surface area contributed by atoms with Crippen molar-refractivity contribution in [2.24, 2.45) is 5.84 Å². The van der Waals surface area contributed by atoms with Crippen LogP contribution in [0.3, 0.4) is 0 Å². The minimum absolute atomic E-state index is 0.0798. The van der Waals surface area contributed by atoms with Gasteiger partial charge in [0.25, 0.3) is 0 Å². The zero-order valence-electron chi connectivity index (χ0n) is 7.16. The number of rotatable bonds is 4. The van der Waals surface area contributed by atoms with Crippen LogP contribution in [-0.2, 0) is 4.74 Å². The number of hydrazine groups is 1. The zero-order chi connectivity index (χ0) is 8.81. The maximum absolute atomic E-state index is 5.36. The summed E-state index contributed by atoms with van der Waals surface area (Å²) in [6.07, 6.45) is 0. The number of hydrogen-bond acceptors (Lipinski definition) is 3. The van der Waals surface area contributed by atoms with Crippen molar-refractivity contribution in [1.29, 1.82) is 0 Å². The molecule has 0 spiro atoms. The highest BCUT2D eigenvalue weighted by molar-refractivity contribution is 5.18. The van der Waals surface area contributed by atoms with E-state index >= 15 is 0 Å². The number of hydrogen-bond donors (Lipinski definition) is 2. The molecule has 0 heterocycles.